The fraction of sp³-hybridized carbons (Fsp3) is 0.500. The highest BCUT2D eigenvalue weighted by Gasteiger charge is 2.30. The molecule has 0 N–H and O–H groups in total. The van der Waals surface area contributed by atoms with Crippen LogP contribution in [0.15, 0.2) is 18.2 Å². The molecule has 1 aromatic carbocycles. The van der Waals surface area contributed by atoms with Crippen molar-refractivity contribution in [3.8, 4) is 5.75 Å². The van der Waals surface area contributed by atoms with E-state index in [1.165, 1.54) is 19.1 Å². The van der Waals surface area contributed by atoms with E-state index in [1.54, 1.807) is 13.0 Å². The van der Waals surface area contributed by atoms with E-state index in [1.807, 2.05) is 0 Å². The van der Waals surface area contributed by atoms with Crippen molar-refractivity contribution in [3.63, 3.8) is 0 Å². The zero-order chi connectivity index (χ0) is 15.2. The lowest BCUT2D eigenvalue weighted by atomic mass is 10.2. The Morgan fingerprint density at radius 1 is 1.35 bits per heavy atom. The van der Waals surface area contributed by atoms with Crippen molar-refractivity contribution in [2.24, 2.45) is 0 Å². The summed E-state index contributed by atoms with van der Waals surface area (Å²) < 4.78 is 49.8. The van der Waals surface area contributed by atoms with Crippen LogP contribution in [0.3, 0.4) is 0 Å². The number of benzene rings is 1. The molecule has 0 aliphatic rings. The minimum Gasteiger partial charge on any atom is -0.484 e. The van der Waals surface area contributed by atoms with Crippen molar-refractivity contribution in [1.29, 1.82) is 0 Å². The molecular weight excluding hydrogens is 273 g/mol. The van der Waals surface area contributed by atoms with Gasteiger partial charge in [0.1, 0.15) is 6.61 Å². The third kappa shape index (κ3) is 6.06. The summed E-state index contributed by atoms with van der Waals surface area (Å²) in [6.45, 7) is 1.61. The predicted octanol–water partition coefficient (Wildman–Crippen LogP) is 3.14. The summed E-state index contributed by atoms with van der Waals surface area (Å²) in [6, 6.07) is 4.10. The Morgan fingerprint density at radius 3 is 2.65 bits per heavy atom. The summed E-state index contributed by atoms with van der Waals surface area (Å²) in [7, 11) is 0. The minimum atomic E-state index is -3.14. The zero-order valence-corrected chi connectivity index (χ0v) is 11.4. The molecule has 112 valence electrons. The maximum absolute atomic E-state index is 13.4. The Bertz CT molecular complexity index is 461. The first kappa shape index (κ1) is 16.5. The van der Waals surface area contributed by atoms with E-state index in [2.05, 4.69) is 0 Å². The highest BCUT2D eigenvalue weighted by atomic mass is 19.3. The third-order valence-corrected chi connectivity index (χ3v) is 2.44. The van der Waals surface area contributed by atoms with Gasteiger partial charge < -0.3 is 9.47 Å². The molecule has 0 bridgehead atoms. The van der Waals surface area contributed by atoms with Crippen molar-refractivity contribution < 1.29 is 27.4 Å². The fourth-order valence-corrected chi connectivity index (χ4v) is 1.42. The predicted molar refractivity (Wildman–Crippen MR) is 67.7 cm³/mol. The Morgan fingerprint density at radius 2 is 2.05 bits per heavy atom. The SMILES string of the molecule is CC(=O)COCCC(F)(F)COc1ccc(C)cc1F. The van der Waals surface area contributed by atoms with Gasteiger partial charge in [-0.15, -0.1) is 0 Å². The van der Waals surface area contributed by atoms with Crippen LogP contribution in [-0.4, -0.2) is 31.5 Å². The number of carbonyl (C=O) groups excluding carboxylic acids is 1. The maximum Gasteiger partial charge on any atom is 0.283 e. The van der Waals surface area contributed by atoms with Gasteiger partial charge in [-0.1, -0.05) is 6.07 Å². The summed E-state index contributed by atoms with van der Waals surface area (Å²) in [5.41, 5.74) is 0.680. The molecule has 0 aliphatic heterocycles. The van der Waals surface area contributed by atoms with Crippen molar-refractivity contribution in [3.05, 3.63) is 29.6 Å². The number of carbonyl (C=O) groups is 1. The average Bonchev–Trinajstić information content (AvgIpc) is 2.33. The Balaban J connectivity index is 2.40. The number of aryl methyl sites for hydroxylation is 1. The van der Waals surface area contributed by atoms with Crippen LogP contribution >= 0.6 is 0 Å². The van der Waals surface area contributed by atoms with Crippen LogP contribution in [0.1, 0.15) is 18.9 Å². The molecule has 1 aromatic rings. The Hall–Kier alpha value is -1.56. The summed E-state index contributed by atoms with van der Waals surface area (Å²) >= 11 is 0. The lowest BCUT2D eigenvalue weighted by Crippen LogP contribution is -2.28. The molecule has 0 atom stereocenters. The molecule has 0 saturated heterocycles. The quantitative estimate of drug-likeness (QED) is 0.690. The van der Waals surface area contributed by atoms with Gasteiger partial charge in [0.2, 0.25) is 0 Å². The molecule has 0 radical (unpaired) electrons. The highest BCUT2D eigenvalue weighted by Crippen LogP contribution is 2.23. The standard InChI is InChI=1S/C14H17F3O3/c1-10-3-4-13(12(15)7-10)20-9-14(16,17)5-6-19-8-11(2)18/h3-4,7H,5-6,8-9H2,1-2H3. The van der Waals surface area contributed by atoms with Gasteiger partial charge in [0, 0.05) is 6.42 Å². The van der Waals surface area contributed by atoms with Crippen molar-refractivity contribution in [2.45, 2.75) is 26.2 Å². The molecule has 0 amide bonds. The maximum atomic E-state index is 13.4. The second-order valence-corrected chi connectivity index (χ2v) is 4.58. The van der Waals surface area contributed by atoms with Gasteiger partial charge in [-0.3, -0.25) is 4.79 Å². The number of halogens is 3. The van der Waals surface area contributed by atoms with E-state index in [9.17, 15) is 18.0 Å². The Kier molecular flexibility index (Phi) is 6.01. The summed E-state index contributed by atoms with van der Waals surface area (Å²) in [4.78, 5) is 10.6. The molecule has 0 spiro atoms. The van der Waals surface area contributed by atoms with Gasteiger partial charge in [0.15, 0.2) is 24.0 Å². The molecule has 20 heavy (non-hydrogen) atoms. The molecule has 0 aliphatic carbocycles. The number of hydrogen-bond acceptors (Lipinski definition) is 3. The first-order valence-electron chi connectivity index (χ1n) is 6.14. The number of ether oxygens (including phenoxy) is 2. The number of alkyl halides is 2. The van der Waals surface area contributed by atoms with Crippen molar-refractivity contribution >= 4 is 5.78 Å². The minimum absolute atomic E-state index is 0.191. The van der Waals surface area contributed by atoms with Gasteiger partial charge in [-0.25, -0.2) is 13.2 Å². The molecule has 0 fully saturated rings. The highest BCUT2D eigenvalue weighted by molar-refractivity contribution is 5.76. The molecule has 0 heterocycles. The number of rotatable bonds is 8. The molecular formula is C14H17F3O3. The topological polar surface area (TPSA) is 35.5 Å². The van der Waals surface area contributed by atoms with E-state index < -0.39 is 24.8 Å². The van der Waals surface area contributed by atoms with Crippen LogP contribution in [0, 0.1) is 12.7 Å². The van der Waals surface area contributed by atoms with Crippen molar-refractivity contribution in [2.75, 3.05) is 19.8 Å². The lowest BCUT2D eigenvalue weighted by Gasteiger charge is -2.17. The van der Waals surface area contributed by atoms with Gasteiger partial charge >= 0.3 is 0 Å². The third-order valence-electron chi connectivity index (χ3n) is 2.44. The van der Waals surface area contributed by atoms with E-state index in [-0.39, 0.29) is 24.7 Å². The number of Topliss-reactive ketones (excluding diaryl/α,β-unsaturated/α-hetero) is 1. The first-order valence-corrected chi connectivity index (χ1v) is 6.14. The van der Waals surface area contributed by atoms with Crippen LogP contribution in [0.5, 0.6) is 5.75 Å². The van der Waals surface area contributed by atoms with Gasteiger partial charge in [0.05, 0.1) is 6.61 Å². The largest absolute Gasteiger partial charge is 0.484 e. The van der Waals surface area contributed by atoms with E-state index >= 15 is 0 Å². The monoisotopic (exact) mass is 290 g/mol. The molecule has 0 saturated carbocycles. The second-order valence-electron chi connectivity index (χ2n) is 4.58. The van der Waals surface area contributed by atoms with E-state index in [0.717, 1.165) is 0 Å². The van der Waals surface area contributed by atoms with Crippen molar-refractivity contribution in [1.82, 2.24) is 0 Å². The number of hydrogen-bond donors (Lipinski definition) is 0. The first-order chi connectivity index (χ1) is 9.30. The van der Waals surface area contributed by atoms with Crippen LogP contribution in [0.25, 0.3) is 0 Å². The number of ketones is 1. The summed E-state index contributed by atoms with van der Waals surface area (Å²) in [6.07, 6.45) is -0.590. The molecule has 3 nitrogen and oxygen atoms in total. The zero-order valence-electron chi connectivity index (χ0n) is 11.4. The Labute approximate surface area is 115 Å². The summed E-state index contributed by atoms with van der Waals surface area (Å²) in [5.74, 6) is -4.26. The molecule has 0 unspecified atom stereocenters. The molecule has 0 aromatic heterocycles. The van der Waals surface area contributed by atoms with E-state index in [0.29, 0.717) is 5.56 Å². The average molecular weight is 290 g/mol. The summed E-state index contributed by atoms with van der Waals surface area (Å²) in [5, 5.41) is 0. The van der Waals surface area contributed by atoms with Crippen LogP contribution in [0.4, 0.5) is 13.2 Å². The van der Waals surface area contributed by atoms with Gasteiger partial charge in [-0.05, 0) is 31.5 Å². The second kappa shape index (κ2) is 7.28. The molecule has 1 rings (SSSR count). The normalized spacial score (nSPS) is 11.4. The van der Waals surface area contributed by atoms with Crippen LogP contribution in [0.2, 0.25) is 0 Å². The molecule has 6 heteroatoms. The lowest BCUT2D eigenvalue weighted by molar-refractivity contribution is -0.123. The fourth-order valence-electron chi connectivity index (χ4n) is 1.42. The van der Waals surface area contributed by atoms with Gasteiger partial charge in [-0.2, -0.15) is 0 Å². The van der Waals surface area contributed by atoms with Gasteiger partial charge in [0.25, 0.3) is 5.92 Å². The smallest absolute Gasteiger partial charge is 0.283 e. The van der Waals surface area contributed by atoms with E-state index in [4.69, 9.17) is 9.47 Å². The van der Waals surface area contributed by atoms with Crippen LogP contribution in [-0.2, 0) is 9.53 Å². The van der Waals surface area contributed by atoms with Crippen LogP contribution < -0.4 is 4.74 Å².